The van der Waals surface area contributed by atoms with Gasteiger partial charge in [-0.1, -0.05) is 0 Å². The van der Waals surface area contributed by atoms with Gasteiger partial charge in [-0.2, -0.15) is 0 Å². The Bertz CT molecular complexity index is 747. The number of pyridine rings is 1. The normalized spacial score (nSPS) is 10.2. The number of non-ortho nitro benzene ring substituents is 1. The van der Waals surface area contributed by atoms with Crippen LogP contribution in [0.2, 0.25) is 0 Å². The Kier molecular flexibility index (Phi) is 3.34. The lowest BCUT2D eigenvalue weighted by Gasteiger charge is -2.09. The Hall–Kier alpha value is -2.96. The highest BCUT2D eigenvalue weighted by Gasteiger charge is 2.11. The summed E-state index contributed by atoms with van der Waals surface area (Å²) in [4.78, 5) is 22.1. The predicted molar refractivity (Wildman–Crippen MR) is 74.8 cm³/mol. The highest BCUT2D eigenvalue weighted by molar-refractivity contribution is 5.94. The molecular formula is C13H12N4O3. The van der Waals surface area contributed by atoms with E-state index in [2.05, 4.69) is 0 Å². The molecule has 102 valence electrons. The SMILES string of the molecule is Cn1c(-c2ccc([N+](=O)[O-])cc2)ccc(C(=N)N)c1=O. The van der Waals surface area contributed by atoms with Crippen molar-refractivity contribution in [3.63, 3.8) is 0 Å². The predicted octanol–water partition coefficient (Wildman–Crippen LogP) is 1.24. The molecule has 0 amide bonds. The number of rotatable bonds is 3. The van der Waals surface area contributed by atoms with Crippen LogP contribution in [0.5, 0.6) is 0 Å². The second-order valence-electron chi connectivity index (χ2n) is 4.21. The maximum atomic E-state index is 12.0. The molecule has 0 aliphatic heterocycles. The van der Waals surface area contributed by atoms with Gasteiger partial charge in [0.15, 0.2) is 0 Å². The molecule has 0 aliphatic carbocycles. The fourth-order valence-corrected chi connectivity index (χ4v) is 1.88. The number of nitrogens with two attached hydrogens (primary N) is 1. The van der Waals surface area contributed by atoms with Gasteiger partial charge in [0.1, 0.15) is 5.84 Å². The smallest absolute Gasteiger partial charge is 0.269 e. The molecule has 2 aromatic rings. The number of nitrogen functional groups attached to an aromatic ring is 1. The fourth-order valence-electron chi connectivity index (χ4n) is 1.88. The van der Waals surface area contributed by atoms with Crippen molar-refractivity contribution in [2.24, 2.45) is 12.8 Å². The average Bonchev–Trinajstić information content (AvgIpc) is 2.41. The molecule has 7 heteroatoms. The summed E-state index contributed by atoms with van der Waals surface area (Å²) < 4.78 is 1.36. The largest absolute Gasteiger partial charge is 0.384 e. The van der Waals surface area contributed by atoms with Crippen molar-refractivity contribution in [3.05, 3.63) is 62.4 Å². The molecule has 7 nitrogen and oxygen atoms in total. The van der Waals surface area contributed by atoms with Gasteiger partial charge in [0.05, 0.1) is 16.2 Å². The van der Waals surface area contributed by atoms with Crippen molar-refractivity contribution in [1.82, 2.24) is 4.57 Å². The van der Waals surface area contributed by atoms with Gasteiger partial charge in [0.2, 0.25) is 0 Å². The van der Waals surface area contributed by atoms with Crippen LogP contribution in [0.15, 0.2) is 41.2 Å². The van der Waals surface area contributed by atoms with Crippen LogP contribution >= 0.6 is 0 Å². The van der Waals surface area contributed by atoms with Crippen molar-refractivity contribution in [1.29, 1.82) is 5.41 Å². The molecule has 1 aromatic carbocycles. The summed E-state index contributed by atoms with van der Waals surface area (Å²) in [6.45, 7) is 0. The van der Waals surface area contributed by atoms with Gasteiger partial charge >= 0.3 is 0 Å². The molecule has 0 radical (unpaired) electrons. The number of amidine groups is 1. The highest BCUT2D eigenvalue weighted by atomic mass is 16.6. The lowest BCUT2D eigenvalue weighted by Crippen LogP contribution is -2.28. The number of nitro benzene ring substituents is 1. The Morgan fingerprint density at radius 1 is 1.25 bits per heavy atom. The van der Waals surface area contributed by atoms with E-state index in [1.165, 1.54) is 22.8 Å². The Labute approximate surface area is 113 Å². The third-order valence-corrected chi connectivity index (χ3v) is 2.97. The van der Waals surface area contributed by atoms with E-state index >= 15 is 0 Å². The minimum Gasteiger partial charge on any atom is -0.384 e. The topological polar surface area (TPSA) is 115 Å². The quantitative estimate of drug-likeness (QED) is 0.378. The number of nitrogens with zero attached hydrogens (tertiary/aromatic N) is 2. The summed E-state index contributed by atoms with van der Waals surface area (Å²) in [6, 6.07) is 9.01. The zero-order valence-electron chi connectivity index (χ0n) is 10.7. The molecule has 0 aliphatic rings. The monoisotopic (exact) mass is 272 g/mol. The van der Waals surface area contributed by atoms with Crippen LogP contribution < -0.4 is 11.3 Å². The van der Waals surface area contributed by atoms with Crippen molar-refractivity contribution in [2.45, 2.75) is 0 Å². The first-order valence-electron chi connectivity index (χ1n) is 5.71. The number of hydrogen-bond acceptors (Lipinski definition) is 4. The van der Waals surface area contributed by atoms with E-state index in [0.717, 1.165) is 0 Å². The maximum absolute atomic E-state index is 12.0. The van der Waals surface area contributed by atoms with E-state index in [-0.39, 0.29) is 22.6 Å². The van der Waals surface area contributed by atoms with Gasteiger partial charge in [-0.15, -0.1) is 0 Å². The van der Waals surface area contributed by atoms with E-state index in [0.29, 0.717) is 11.3 Å². The van der Waals surface area contributed by atoms with Gasteiger partial charge in [0.25, 0.3) is 11.2 Å². The molecule has 2 rings (SSSR count). The van der Waals surface area contributed by atoms with Gasteiger partial charge in [-0.25, -0.2) is 0 Å². The summed E-state index contributed by atoms with van der Waals surface area (Å²) >= 11 is 0. The minimum atomic E-state index is -0.484. The lowest BCUT2D eigenvalue weighted by molar-refractivity contribution is -0.384. The van der Waals surface area contributed by atoms with Crippen LogP contribution in [0.1, 0.15) is 5.56 Å². The summed E-state index contributed by atoms with van der Waals surface area (Å²) in [5.41, 5.74) is 6.31. The summed E-state index contributed by atoms with van der Waals surface area (Å²) in [5, 5.41) is 17.9. The number of nitro groups is 1. The zero-order valence-corrected chi connectivity index (χ0v) is 10.7. The van der Waals surface area contributed by atoms with Gasteiger partial charge in [-0.3, -0.25) is 20.3 Å². The Morgan fingerprint density at radius 3 is 2.35 bits per heavy atom. The molecular weight excluding hydrogens is 260 g/mol. The third-order valence-electron chi connectivity index (χ3n) is 2.97. The van der Waals surface area contributed by atoms with Crippen LogP contribution in [0.4, 0.5) is 5.69 Å². The fraction of sp³-hybridized carbons (Fsp3) is 0.0769. The standard InChI is InChI=1S/C13H12N4O3/c1-16-11(7-6-10(12(14)15)13(16)18)8-2-4-9(5-3-8)17(19)20/h2-7H,1H3,(H3,14,15). The molecule has 0 bridgehead atoms. The van der Waals surface area contributed by atoms with Crippen molar-refractivity contribution >= 4 is 11.5 Å². The lowest BCUT2D eigenvalue weighted by atomic mass is 10.1. The first-order valence-corrected chi connectivity index (χ1v) is 5.71. The minimum absolute atomic E-state index is 0.0147. The number of hydrogen-bond donors (Lipinski definition) is 2. The molecule has 0 saturated carbocycles. The van der Waals surface area contributed by atoms with Crippen molar-refractivity contribution in [2.75, 3.05) is 0 Å². The molecule has 1 aromatic heterocycles. The van der Waals surface area contributed by atoms with Crippen LogP contribution in [0.3, 0.4) is 0 Å². The number of nitrogens with one attached hydrogen (secondary N) is 1. The first-order chi connectivity index (χ1) is 9.41. The van der Waals surface area contributed by atoms with Gasteiger partial charge in [0, 0.05) is 19.2 Å². The zero-order chi connectivity index (χ0) is 14.9. The second-order valence-corrected chi connectivity index (χ2v) is 4.21. The summed E-state index contributed by atoms with van der Waals surface area (Å²) in [5.74, 6) is -0.291. The van der Waals surface area contributed by atoms with Gasteiger partial charge in [-0.05, 0) is 29.8 Å². The molecule has 0 spiro atoms. The first kappa shape index (κ1) is 13.5. The Morgan fingerprint density at radius 2 is 1.85 bits per heavy atom. The third kappa shape index (κ3) is 2.28. The molecule has 0 fully saturated rings. The van der Waals surface area contributed by atoms with Crippen LogP contribution in [0, 0.1) is 15.5 Å². The molecule has 20 heavy (non-hydrogen) atoms. The number of aromatic nitrogens is 1. The Balaban J connectivity index is 2.54. The molecule has 1 heterocycles. The highest BCUT2D eigenvalue weighted by Crippen LogP contribution is 2.21. The summed E-state index contributed by atoms with van der Waals surface area (Å²) in [7, 11) is 1.56. The maximum Gasteiger partial charge on any atom is 0.269 e. The van der Waals surface area contributed by atoms with Crippen molar-refractivity contribution in [3.8, 4) is 11.3 Å². The van der Waals surface area contributed by atoms with E-state index in [1.807, 2.05) is 0 Å². The molecule has 0 unspecified atom stereocenters. The van der Waals surface area contributed by atoms with E-state index in [4.69, 9.17) is 11.1 Å². The van der Waals surface area contributed by atoms with Crippen LogP contribution in [-0.4, -0.2) is 15.3 Å². The second kappa shape index (κ2) is 4.96. The number of benzene rings is 1. The van der Waals surface area contributed by atoms with Crippen LogP contribution in [0.25, 0.3) is 11.3 Å². The summed E-state index contributed by atoms with van der Waals surface area (Å²) in [6.07, 6.45) is 0. The molecule has 0 atom stereocenters. The molecule has 3 N–H and O–H groups in total. The molecule has 0 saturated heterocycles. The van der Waals surface area contributed by atoms with Crippen molar-refractivity contribution < 1.29 is 4.92 Å². The average molecular weight is 272 g/mol. The van der Waals surface area contributed by atoms with E-state index in [1.54, 1.807) is 25.2 Å². The van der Waals surface area contributed by atoms with E-state index < -0.39 is 4.92 Å². The van der Waals surface area contributed by atoms with Crippen LogP contribution in [-0.2, 0) is 7.05 Å². The van der Waals surface area contributed by atoms with Gasteiger partial charge < -0.3 is 10.3 Å². The van der Waals surface area contributed by atoms with E-state index in [9.17, 15) is 14.9 Å².